The summed E-state index contributed by atoms with van der Waals surface area (Å²) in [6.07, 6.45) is 3.03. The number of halogens is 2. The SMILES string of the molecule is Cc1c(F)ncnc1N1CCC(c2nc3cc(Cl)ccc3o2)CC1. The number of hydrogen-bond donors (Lipinski definition) is 0. The summed E-state index contributed by atoms with van der Waals surface area (Å²) in [7, 11) is 0. The maximum atomic E-state index is 13.6. The van der Waals surface area contributed by atoms with Crippen LogP contribution in [0.1, 0.15) is 30.2 Å². The van der Waals surface area contributed by atoms with Gasteiger partial charge in [0.15, 0.2) is 11.5 Å². The molecular formula is C17H16ClFN4O. The zero-order chi connectivity index (χ0) is 16.7. The van der Waals surface area contributed by atoms with E-state index in [2.05, 4.69) is 19.9 Å². The molecule has 7 heteroatoms. The Balaban J connectivity index is 1.52. The van der Waals surface area contributed by atoms with Gasteiger partial charge in [-0.2, -0.15) is 4.39 Å². The number of oxazole rings is 1. The Morgan fingerprint density at radius 1 is 1.25 bits per heavy atom. The standard InChI is InChI=1S/C17H16ClFN4O/c1-10-15(19)20-9-21-16(10)23-6-4-11(5-7-23)17-22-13-8-12(18)2-3-14(13)24-17/h2-3,8-9,11H,4-7H2,1H3. The highest BCUT2D eigenvalue weighted by Gasteiger charge is 2.26. The lowest BCUT2D eigenvalue weighted by molar-refractivity contribution is 0.405. The smallest absolute Gasteiger partial charge is 0.220 e. The molecule has 1 aliphatic heterocycles. The summed E-state index contributed by atoms with van der Waals surface area (Å²) in [6, 6.07) is 5.45. The number of rotatable bonds is 2. The maximum Gasteiger partial charge on any atom is 0.220 e. The average Bonchev–Trinajstić information content (AvgIpc) is 3.00. The van der Waals surface area contributed by atoms with Gasteiger partial charge in [-0.15, -0.1) is 0 Å². The molecule has 124 valence electrons. The molecule has 1 saturated heterocycles. The van der Waals surface area contributed by atoms with Crippen LogP contribution in [-0.4, -0.2) is 28.0 Å². The van der Waals surface area contributed by atoms with Crippen molar-refractivity contribution in [2.45, 2.75) is 25.7 Å². The number of benzene rings is 1. The molecule has 1 fully saturated rings. The first-order valence-electron chi connectivity index (χ1n) is 7.90. The third kappa shape index (κ3) is 2.71. The summed E-state index contributed by atoms with van der Waals surface area (Å²) < 4.78 is 19.5. The minimum Gasteiger partial charge on any atom is -0.440 e. The summed E-state index contributed by atoms with van der Waals surface area (Å²) in [4.78, 5) is 14.5. The molecule has 5 nitrogen and oxygen atoms in total. The highest BCUT2D eigenvalue weighted by Crippen LogP contribution is 2.32. The molecule has 1 aliphatic rings. The van der Waals surface area contributed by atoms with Crippen molar-refractivity contribution in [1.29, 1.82) is 0 Å². The van der Waals surface area contributed by atoms with Gasteiger partial charge in [-0.05, 0) is 38.0 Å². The van der Waals surface area contributed by atoms with E-state index in [9.17, 15) is 4.39 Å². The quantitative estimate of drug-likeness (QED) is 0.654. The summed E-state index contributed by atoms with van der Waals surface area (Å²) in [5, 5.41) is 0.651. The van der Waals surface area contributed by atoms with Crippen LogP contribution in [0.3, 0.4) is 0 Å². The summed E-state index contributed by atoms with van der Waals surface area (Å²) in [6.45, 7) is 3.27. The largest absolute Gasteiger partial charge is 0.440 e. The van der Waals surface area contributed by atoms with E-state index >= 15 is 0 Å². The van der Waals surface area contributed by atoms with Gasteiger partial charge in [-0.25, -0.2) is 15.0 Å². The minimum atomic E-state index is -0.460. The fraction of sp³-hybridized carbons (Fsp3) is 0.353. The maximum absolute atomic E-state index is 13.6. The van der Waals surface area contributed by atoms with Gasteiger partial charge < -0.3 is 9.32 Å². The van der Waals surface area contributed by atoms with E-state index in [0.717, 1.165) is 42.9 Å². The zero-order valence-electron chi connectivity index (χ0n) is 13.2. The zero-order valence-corrected chi connectivity index (χ0v) is 13.9. The van der Waals surface area contributed by atoms with E-state index in [-0.39, 0.29) is 5.92 Å². The van der Waals surface area contributed by atoms with Crippen LogP contribution in [0.2, 0.25) is 5.02 Å². The number of aromatic nitrogens is 3. The lowest BCUT2D eigenvalue weighted by Crippen LogP contribution is -2.34. The third-order valence-corrected chi connectivity index (χ3v) is 4.74. The van der Waals surface area contributed by atoms with E-state index in [1.807, 2.05) is 12.1 Å². The first-order chi connectivity index (χ1) is 11.6. The van der Waals surface area contributed by atoms with E-state index in [1.54, 1.807) is 13.0 Å². The second kappa shape index (κ2) is 6.02. The molecule has 2 aromatic heterocycles. The first kappa shape index (κ1) is 15.3. The molecule has 3 aromatic rings. The van der Waals surface area contributed by atoms with Crippen molar-refractivity contribution in [1.82, 2.24) is 15.0 Å². The predicted molar refractivity (Wildman–Crippen MR) is 89.9 cm³/mol. The third-order valence-electron chi connectivity index (χ3n) is 4.51. The van der Waals surface area contributed by atoms with Gasteiger partial charge in [0.05, 0.1) is 0 Å². The fourth-order valence-electron chi connectivity index (χ4n) is 3.17. The average molecular weight is 347 g/mol. The van der Waals surface area contributed by atoms with Gasteiger partial charge in [0.2, 0.25) is 5.95 Å². The van der Waals surface area contributed by atoms with Crippen LogP contribution >= 0.6 is 11.6 Å². The van der Waals surface area contributed by atoms with Crippen molar-refractivity contribution in [3.8, 4) is 0 Å². The van der Waals surface area contributed by atoms with Crippen molar-refractivity contribution in [2.24, 2.45) is 0 Å². The molecule has 0 aliphatic carbocycles. The number of anilines is 1. The van der Waals surface area contributed by atoms with Gasteiger partial charge in [-0.3, -0.25) is 0 Å². The molecule has 0 radical (unpaired) electrons. The van der Waals surface area contributed by atoms with Crippen LogP contribution in [0.15, 0.2) is 28.9 Å². The highest BCUT2D eigenvalue weighted by atomic mass is 35.5. The Kier molecular flexibility index (Phi) is 3.84. The molecule has 0 N–H and O–H groups in total. The second-order valence-corrected chi connectivity index (χ2v) is 6.47. The highest BCUT2D eigenvalue weighted by molar-refractivity contribution is 6.31. The monoisotopic (exact) mass is 346 g/mol. The Bertz CT molecular complexity index is 889. The number of nitrogens with zero attached hydrogens (tertiary/aromatic N) is 4. The van der Waals surface area contributed by atoms with Crippen LogP contribution in [0.4, 0.5) is 10.2 Å². The lowest BCUT2D eigenvalue weighted by atomic mass is 9.96. The van der Waals surface area contributed by atoms with Gasteiger partial charge >= 0.3 is 0 Å². The second-order valence-electron chi connectivity index (χ2n) is 6.04. The molecule has 0 amide bonds. The number of piperidine rings is 1. The van der Waals surface area contributed by atoms with Crippen LogP contribution in [0, 0.1) is 12.9 Å². The molecule has 3 heterocycles. The van der Waals surface area contributed by atoms with Crippen LogP contribution in [-0.2, 0) is 0 Å². The van der Waals surface area contributed by atoms with Gasteiger partial charge in [0, 0.05) is 29.6 Å². The molecule has 4 rings (SSSR count). The Labute approximate surface area is 143 Å². The Hall–Kier alpha value is -2.21. The van der Waals surface area contributed by atoms with E-state index in [1.165, 1.54) is 6.33 Å². The van der Waals surface area contributed by atoms with Gasteiger partial charge in [0.1, 0.15) is 17.7 Å². The molecule has 0 bridgehead atoms. The molecule has 0 spiro atoms. The molecule has 1 aromatic carbocycles. The molecule has 0 unspecified atom stereocenters. The molecule has 0 saturated carbocycles. The predicted octanol–water partition coefficient (Wildman–Crippen LogP) is 4.10. The van der Waals surface area contributed by atoms with Gasteiger partial charge in [0.25, 0.3) is 0 Å². The Morgan fingerprint density at radius 2 is 2.04 bits per heavy atom. The van der Waals surface area contributed by atoms with Crippen molar-refractivity contribution < 1.29 is 8.81 Å². The van der Waals surface area contributed by atoms with Crippen molar-refractivity contribution >= 4 is 28.5 Å². The number of fused-ring (bicyclic) bond motifs is 1. The molecule has 0 atom stereocenters. The summed E-state index contributed by atoms with van der Waals surface area (Å²) in [5.41, 5.74) is 2.03. The van der Waals surface area contributed by atoms with E-state index in [4.69, 9.17) is 16.0 Å². The van der Waals surface area contributed by atoms with E-state index < -0.39 is 5.95 Å². The summed E-state index contributed by atoms with van der Waals surface area (Å²) in [5.74, 6) is 1.21. The topological polar surface area (TPSA) is 55.1 Å². The van der Waals surface area contributed by atoms with Crippen molar-refractivity contribution in [2.75, 3.05) is 18.0 Å². The molecule has 24 heavy (non-hydrogen) atoms. The minimum absolute atomic E-state index is 0.249. The van der Waals surface area contributed by atoms with Crippen molar-refractivity contribution in [3.05, 3.63) is 47.0 Å². The van der Waals surface area contributed by atoms with Gasteiger partial charge in [-0.1, -0.05) is 11.6 Å². The van der Waals surface area contributed by atoms with E-state index in [0.29, 0.717) is 16.4 Å². The normalized spacial score (nSPS) is 16.0. The molecular weight excluding hydrogens is 331 g/mol. The van der Waals surface area contributed by atoms with Crippen LogP contribution in [0.5, 0.6) is 0 Å². The number of hydrogen-bond acceptors (Lipinski definition) is 5. The first-order valence-corrected chi connectivity index (χ1v) is 8.27. The lowest BCUT2D eigenvalue weighted by Gasteiger charge is -2.32. The van der Waals surface area contributed by atoms with Crippen LogP contribution in [0.25, 0.3) is 11.1 Å². The van der Waals surface area contributed by atoms with Crippen LogP contribution < -0.4 is 4.90 Å². The Morgan fingerprint density at radius 3 is 2.83 bits per heavy atom. The summed E-state index contributed by atoms with van der Waals surface area (Å²) >= 11 is 6.00. The fourth-order valence-corrected chi connectivity index (χ4v) is 3.34. The van der Waals surface area contributed by atoms with Crippen molar-refractivity contribution in [3.63, 3.8) is 0 Å².